The van der Waals surface area contributed by atoms with Gasteiger partial charge in [-0.3, -0.25) is 0 Å². The molecule has 0 unspecified atom stereocenters. The van der Waals surface area contributed by atoms with Crippen LogP contribution in [0.3, 0.4) is 0 Å². The molecule has 0 aliphatic heterocycles. The molecule has 0 saturated carbocycles. The first-order valence-electron chi connectivity index (χ1n) is 17.6. The van der Waals surface area contributed by atoms with Gasteiger partial charge in [0.05, 0.1) is 46.4 Å². The molecule has 12 nitrogen and oxygen atoms in total. The summed E-state index contributed by atoms with van der Waals surface area (Å²) in [6, 6.07) is 20.7. The number of fused-ring (bicyclic) bond motifs is 6. The van der Waals surface area contributed by atoms with E-state index >= 15 is 0 Å². The van der Waals surface area contributed by atoms with Crippen molar-refractivity contribution in [1.82, 2.24) is 29.1 Å². The summed E-state index contributed by atoms with van der Waals surface area (Å²) in [7, 11) is 0. The highest BCUT2D eigenvalue weighted by Gasteiger charge is 2.24. The zero-order valence-electron chi connectivity index (χ0n) is 30.6. The average Bonchev–Trinajstić information content (AvgIpc) is 3.63. The third-order valence-electron chi connectivity index (χ3n) is 9.08. The topological polar surface area (TPSA) is 172 Å². The first kappa shape index (κ1) is 35.3. The van der Waals surface area contributed by atoms with E-state index < -0.39 is 11.2 Å². The summed E-state index contributed by atoms with van der Waals surface area (Å²) in [6.45, 7) is 13.3. The Balaban J connectivity index is 1.25. The van der Waals surface area contributed by atoms with Gasteiger partial charge in [0.15, 0.2) is 11.6 Å². The van der Waals surface area contributed by atoms with Crippen LogP contribution in [-0.4, -0.2) is 63.7 Å². The highest BCUT2D eigenvalue weighted by molar-refractivity contribution is 6.08. The van der Waals surface area contributed by atoms with Crippen LogP contribution >= 0.6 is 0 Å². The number of nitrogen functional groups attached to an aromatic ring is 2. The summed E-state index contributed by atoms with van der Waals surface area (Å²) in [6.07, 6.45) is 0. The van der Waals surface area contributed by atoms with Crippen LogP contribution in [0, 0.1) is 0 Å². The molecule has 0 spiro atoms. The molecule has 7 aromatic rings. The van der Waals surface area contributed by atoms with Crippen molar-refractivity contribution in [3.05, 3.63) is 72.3 Å². The van der Waals surface area contributed by atoms with Crippen LogP contribution < -0.4 is 11.5 Å². The molecule has 0 aliphatic rings. The van der Waals surface area contributed by atoms with Crippen LogP contribution in [0.5, 0.6) is 0 Å². The lowest BCUT2D eigenvalue weighted by atomic mass is 9.98. The van der Waals surface area contributed by atoms with E-state index in [0.717, 1.165) is 55.1 Å². The number of aromatic nitrogens is 6. The Hall–Kier alpha value is -5.14. The second kappa shape index (κ2) is 13.4. The van der Waals surface area contributed by atoms with Crippen molar-refractivity contribution in [3.63, 3.8) is 0 Å². The Morgan fingerprint density at radius 1 is 0.577 bits per heavy atom. The maximum atomic E-state index is 10.8. The van der Waals surface area contributed by atoms with Gasteiger partial charge >= 0.3 is 0 Å². The number of pyridine rings is 2. The van der Waals surface area contributed by atoms with E-state index in [0.29, 0.717) is 73.8 Å². The van der Waals surface area contributed by atoms with E-state index in [1.807, 2.05) is 47.2 Å². The highest BCUT2D eigenvalue weighted by Crippen LogP contribution is 2.36. The standard InChI is InChI=1S/C40H46N8O4/c1-7-51-19-31-45-33-35(47(31)21-39(3,4)49)27-15-13-25(17-29(27)43-37(33)41)23-9-11-24(12-10-23)26-14-16-28-30(18-26)44-38(42)34-36(28)48(22-40(5,6)50)32(46-34)20-52-8-2/h9-18,49-50H,7-8,19-22H2,1-6H3,(H2,41,43)(H2,42,44). The van der Waals surface area contributed by atoms with Gasteiger partial charge in [-0.15, -0.1) is 0 Å². The molecule has 0 bridgehead atoms. The van der Waals surface area contributed by atoms with Crippen LogP contribution in [0.15, 0.2) is 60.7 Å². The van der Waals surface area contributed by atoms with E-state index in [4.69, 9.17) is 40.9 Å². The third-order valence-corrected chi connectivity index (χ3v) is 9.08. The smallest absolute Gasteiger partial charge is 0.152 e. The van der Waals surface area contributed by atoms with Gasteiger partial charge in [0.25, 0.3) is 0 Å². The van der Waals surface area contributed by atoms with Crippen LogP contribution in [0.4, 0.5) is 11.6 Å². The summed E-state index contributed by atoms with van der Waals surface area (Å²) >= 11 is 0. The maximum absolute atomic E-state index is 10.8. The Morgan fingerprint density at radius 3 is 1.29 bits per heavy atom. The minimum Gasteiger partial charge on any atom is -0.389 e. The summed E-state index contributed by atoms with van der Waals surface area (Å²) in [5.74, 6) is 2.06. The zero-order chi connectivity index (χ0) is 36.9. The van der Waals surface area contributed by atoms with Crippen molar-refractivity contribution in [2.24, 2.45) is 0 Å². The number of anilines is 2. The molecule has 0 aliphatic carbocycles. The minimum absolute atomic E-state index is 0.305. The van der Waals surface area contributed by atoms with E-state index in [-0.39, 0.29) is 0 Å². The first-order valence-corrected chi connectivity index (χ1v) is 17.6. The molecule has 0 atom stereocenters. The zero-order valence-corrected chi connectivity index (χ0v) is 30.6. The molecule has 0 radical (unpaired) electrons. The molecule has 7 rings (SSSR count). The van der Waals surface area contributed by atoms with Crippen molar-refractivity contribution in [1.29, 1.82) is 0 Å². The van der Waals surface area contributed by atoms with Crippen molar-refractivity contribution in [3.8, 4) is 22.3 Å². The van der Waals surface area contributed by atoms with E-state index in [2.05, 4.69) is 36.4 Å². The summed E-state index contributed by atoms with van der Waals surface area (Å²) in [5, 5.41) is 23.3. The molecule has 0 saturated heterocycles. The number of ether oxygens (including phenoxy) is 2. The Kier molecular flexibility index (Phi) is 9.12. The molecule has 6 N–H and O–H groups in total. The molecule has 0 amide bonds. The lowest BCUT2D eigenvalue weighted by Gasteiger charge is -2.21. The molecule has 4 heterocycles. The van der Waals surface area contributed by atoms with Crippen molar-refractivity contribution in [2.75, 3.05) is 24.7 Å². The number of rotatable bonds is 12. The van der Waals surface area contributed by atoms with Gasteiger partial charge in [0.2, 0.25) is 0 Å². The summed E-state index contributed by atoms with van der Waals surface area (Å²) in [4.78, 5) is 19.0. The highest BCUT2D eigenvalue weighted by atomic mass is 16.5. The van der Waals surface area contributed by atoms with Crippen LogP contribution in [0.25, 0.3) is 66.1 Å². The largest absolute Gasteiger partial charge is 0.389 e. The second-order valence-corrected chi connectivity index (χ2v) is 14.6. The molecule has 52 heavy (non-hydrogen) atoms. The van der Waals surface area contributed by atoms with Crippen molar-refractivity contribution in [2.45, 2.75) is 79.0 Å². The molecule has 4 aromatic heterocycles. The van der Waals surface area contributed by atoms with Crippen LogP contribution in [0.2, 0.25) is 0 Å². The van der Waals surface area contributed by atoms with Gasteiger partial charge in [-0.25, -0.2) is 19.9 Å². The minimum atomic E-state index is -0.979. The average molecular weight is 703 g/mol. The molecule has 12 heteroatoms. The fourth-order valence-corrected chi connectivity index (χ4v) is 6.85. The Morgan fingerprint density at radius 2 is 0.942 bits per heavy atom. The summed E-state index contributed by atoms with van der Waals surface area (Å²) < 4.78 is 15.4. The number of hydrogen-bond acceptors (Lipinski definition) is 10. The van der Waals surface area contributed by atoms with Crippen LogP contribution in [0.1, 0.15) is 53.2 Å². The number of imidazole rings is 2. The van der Waals surface area contributed by atoms with Gasteiger partial charge in [0, 0.05) is 24.0 Å². The number of nitrogens with zero attached hydrogens (tertiary/aromatic N) is 6. The number of hydrogen-bond donors (Lipinski definition) is 4. The fourth-order valence-electron chi connectivity index (χ4n) is 6.85. The van der Waals surface area contributed by atoms with Gasteiger partial charge in [0.1, 0.15) is 35.9 Å². The quantitative estimate of drug-likeness (QED) is 0.109. The molecule has 0 fully saturated rings. The van der Waals surface area contributed by atoms with Gasteiger partial charge in [-0.1, -0.05) is 48.5 Å². The predicted molar refractivity (Wildman–Crippen MR) is 207 cm³/mol. The van der Waals surface area contributed by atoms with Crippen molar-refractivity contribution >= 4 is 55.5 Å². The molecular weight excluding hydrogens is 656 g/mol. The van der Waals surface area contributed by atoms with E-state index in [9.17, 15) is 10.2 Å². The van der Waals surface area contributed by atoms with E-state index in [1.165, 1.54) is 0 Å². The first-order chi connectivity index (χ1) is 24.7. The van der Waals surface area contributed by atoms with Gasteiger partial charge in [-0.2, -0.15) is 0 Å². The van der Waals surface area contributed by atoms with Crippen molar-refractivity contribution < 1.29 is 19.7 Å². The van der Waals surface area contributed by atoms with Crippen LogP contribution in [-0.2, 0) is 35.8 Å². The van der Waals surface area contributed by atoms with Gasteiger partial charge in [-0.05, 0) is 75.9 Å². The SMILES string of the molecule is CCOCc1nc2c(N)nc3cc(-c4ccc(-c5ccc6c(c5)nc(N)c5nc(COCC)n(CC(C)(C)O)c56)cc4)ccc3c2n1CC(C)(C)O. The monoisotopic (exact) mass is 702 g/mol. The second-order valence-electron chi connectivity index (χ2n) is 14.6. The molecule has 270 valence electrons. The number of aliphatic hydroxyl groups is 2. The normalized spacial score (nSPS) is 12.6. The lowest BCUT2D eigenvalue weighted by Crippen LogP contribution is -2.27. The number of benzene rings is 3. The Bertz CT molecular complexity index is 2270. The lowest BCUT2D eigenvalue weighted by molar-refractivity contribution is 0.0576. The molecular formula is C40H46N8O4. The third kappa shape index (κ3) is 6.78. The maximum Gasteiger partial charge on any atom is 0.152 e. The van der Waals surface area contributed by atoms with Gasteiger partial charge < -0.3 is 40.3 Å². The summed E-state index contributed by atoms with van der Waals surface area (Å²) in [5.41, 5.74) is 19.4. The predicted octanol–water partition coefficient (Wildman–Crippen LogP) is 6.60. The van der Waals surface area contributed by atoms with E-state index in [1.54, 1.807) is 27.7 Å². The number of nitrogens with two attached hydrogens (primary N) is 2. The fraction of sp³-hybridized carbons (Fsp3) is 0.350. The molecule has 3 aromatic carbocycles. The Labute approximate surface area is 302 Å².